The number of halogens is 2. The maximum Gasteiger partial charge on any atom is 0.319 e. The number of carbonyl (C=O) groups is 1. The molecular formula is C10H12F2N2O2. The number of urea groups is 1. The molecule has 0 heterocycles. The molecule has 0 unspecified atom stereocenters. The Labute approximate surface area is 91.6 Å². The fourth-order valence-corrected chi connectivity index (χ4v) is 1.02. The van der Waals surface area contributed by atoms with E-state index in [1.165, 1.54) is 13.2 Å². The van der Waals surface area contributed by atoms with E-state index in [1.807, 2.05) is 0 Å². The zero-order chi connectivity index (χ0) is 12.0. The normalized spacial score (nSPS) is 9.94. The van der Waals surface area contributed by atoms with Crippen LogP contribution in [0.2, 0.25) is 0 Å². The average Bonchev–Trinajstić information content (AvgIpc) is 2.24. The lowest BCUT2D eigenvalue weighted by atomic mass is 10.3. The van der Waals surface area contributed by atoms with Gasteiger partial charge in [0.05, 0.1) is 6.61 Å². The molecule has 2 amide bonds. The largest absolute Gasteiger partial charge is 0.383 e. The number of anilines is 1. The van der Waals surface area contributed by atoms with Crippen molar-refractivity contribution >= 4 is 11.7 Å². The quantitative estimate of drug-likeness (QED) is 0.774. The minimum atomic E-state index is -1.00. The second kappa shape index (κ2) is 6.02. The van der Waals surface area contributed by atoms with Gasteiger partial charge in [-0.3, -0.25) is 0 Å². The molecule has 1 rings (SSSR count). The second-order valence-corrected chi connectivity index (χ2v) is 3.00. The van der Waals surface area contributed by atoms with Gasteiger partial charge in [-0.15, -0.1) is 0 Å². The standard InChI is InChI=1S/C10H12F2N2O2/c1-16-5-4-13-10(15)14-7-2-3-8(11)9(12)6-7/h2-3,6H,4-5H2,1H3,(H2,13,14,15). The van der Waals surface area contributed by atoms with E-state index in [0.29, 0.717) is 13.2 Å². The van der Waals surface area contributed by atoms with Gasteiger partial charge in [0.25, 0.3) is 0 Å². The van der Waals surface area contributed by atoms with Crippen molar-refractivity contribution in [2.45, 2.75) is 0 Å². The van der Waals surface area contributed by atoms with Crippen LogP contribution in [-0.4, -0.2) is 26.3 Å². The van der Waals surface area contributed by atoms with Gasteiger partial charge in [0, 0.05) is 25.4 Å². The van der Waals surface area contributed by atoms with Crippen LogP contribution in [0.5, 0.6) is 0 Å². The van der Waals surface area contributed by atoms with Crippen LogP contribution in [-0.2, 0) is 4.74 Å². The Hall–Kier alpha value is -1.69. The van der Waals surface area contributed by atoms with Gasteiger partial charge in [0.15, 0.2) is 11.6 Å². The average molecular weight is 230 g/mol. The van der Waals surface area contributed by atoms with Crippen LogP contribution >= 0.6 is 0 Å². The van der Waals surface area contributed by atoms with E-state index in [9.17, 15) is 13.6 Å². The van der Waals surface area contributed by atoms with E-state index in [2.05, 4.69) is 10.6 Å². The van der Waals surface area contributed by atoms with Crippen LogP contribution < -0.4 is 10.6 Å². The lowest BCUT2D eigenvalue weighted by Crippen LogP contribution is -2.31. The Morgan fingerprint density at radius 1 is 1.38 bits per heavy atom. The molecule has 16 heavy (non-hydrogen) atoms. The number of nitrogens with one attached hydrogen (secondary N) is 2. The van der Waals surface area contributed by atoms with Crippen LogP contribution in [0.1, 0.15) is 0 Å². The monoisotopic (exact) mass is 230 g/mol. The van der Waals surface area contributed by atoms with Crippen molar-refractivity contribution in [3.63, 3.8) is 0 Å². The molecule has 0 radical (unpaired) electrons. The Balaban J connectivity index is 2.46. The molecule has 0 aliphatic carbocycles. The molecule has 0 saturated heterocycles. The molecule has 0 fully saturated rings. The highest BCUT2D eigenvalue weighted by Gasteiger charge is 2.05. The van der Waals surface area contributed by atoms with Crippen LogP contribution in [0.4, 0.5) is 19.3 Å². The number of amides is 2. The first-order chi connectivity index (χ1) is 7.63. The number of ether oxygens (including phenoxy) is 1. The third-order valence-corrected chi connectivity index (χ3v) is 1.77. The van der Waals surface area contributed by atoms with Crippen LogP contribution in [0, 0.1) is 11.6 Å². The highest BCUT2D eigenvalue weighted by molar-refractivity contribution is 5.89. The van der Waals surface area contributed by atoms with Gasteiger partial charge in [-0.1, -0.05) is 0 Å². The van der Waals surface area contributed by atoms with E-state index >= 15 is 0 Å². The summed E-state index contributed by atoms with van der Waals surface area (Å²) in [5, 5.41) is 4.83. The summed E-state index contributed by atoms with van der Waals surface area (Å²) in [7, 11) is 1.51. The summed E-state index contributed by atoms with van der Waals surface area (Å²) in [6.45, 7) is 0.719. The summed E-state index contributed by atoms with van der Waals surface area (Å²) in [6.07, 6.45) is 0. The Morgan fingerprint density at radius 3 is 2.75 bits per heavy atom. The zero-order valence-electron chi connectivity index (χ0n) is 8.72. The molecule has 6 heteroatoms. The van der Waals surface area contributed by atoms with E-state index in [4.69, 9.17) is 4.74 Å². The van der Waals surface area contributed by atoms with Gasteiger partial charge < -0.3 is 15.4 Å². The Morgan fingerprint density at radius 2 is 2.12 bits per heavy atom. The first-order valence-electron chi connectivity index (χ1n) is 4.62. The van der Waals surface area contributed by atoms with Gasteiger partial charge in [0.1, 0.15) is 0 Å². The van der Waals surface area contributed by atoms with Crippen molar-refractivity contribution in [2.24, 2.45) is 0 Å². The Bertz CT molecular complexity index is 372. The van der Waals surface area contributed by atoms with E-state index in [1.54, 1.807) is 0 Å². The van der Waals surface area contributed by atoms with E-state index in [-0.39, 0.29) is 5.69 Å². The van der Waals surface area contributed by atoms with Crippen molar-refractivity contribution < 1.29 is 18.3 Å². The SMILES string of the molecule is COCCNC(=O)Nc1ccc(F)c(F)c1. The summed E-state index contributed by atoms with van der Waals surface area (Å²) in [5.41, 5.74) is 0.189. The first kappa shape index (κ1) is 12.4. The molecule has 1 aromatic carbocycles. The number of hydrogen-bond acceptors (Lipinski definition) is 2. The fraction of sp³-hybridized carbons (Fsp3) is 0.300. The first-order valence-corrected chi connectivity index (χ1v) is 4.62. The molecule has 0 aromatic heterocycles. The van der Waals surface area contributed by atoms with Crippen molar-refractivity contribution in [1.29, 1.82) is 0 Å². The van der Waals surface area contributed by atoms with Crippen LogP contribution in [0.15, 0.2) is 18.2 Å². The molecule has 0 saturated carbocycles. The van der Waals surface area contributed by atoms with Crippen molar-refractivity contribution in [1.82, 2.24) is 5.32 Å². The van der Waals surface area contributed by atoms with Crippen LogP contribution in [0.3, 0.4) is 0 Å². The highest BCUT2D eigenvalue weighted by atomic mass is 19.2. The summed E-state index contributed by atoms with van der Waals surface area (Å²) in [5.74, 6) is -1.96. The number of hydrogen-bond donors (Lipinski definition) is 2. The molecule has 0 spiro atoms. The molecule has 0 aliphatic rings. The van der Waals surface area contributed by atoms with Gasteiger partial charge in [-0.25, -0.2) is 13.6 Å². The third kappa shape index (κ3) is 3.82. The summed E-state index contributed by atoms with van der Waals surface area (Å²) in [6, 6.07) is 2.63. The molecule has 2 N–H and O–H groups in total. The predicted octanol–water partition coefficient (Wildman–Crippen LogP) is 1.73. The number of rotatable bonds is 4. The molecule has 0 atom stereocenters. The predicted molar refractivity (Wildman–Crippen MR) is 55.3 cm³/mol. The summed E-state index contributed by atoms with van der Waals surface area (Å²) >= 11 is 0. The molecule has 0 bridgehead atoms. The topological polar surface area (TPSA) is 50.4 Å². The maximum atomic E-state index is 12.8. The summed E-state index contributed by atoms with van der Waals surface area (Å²) in [4.78, 5) is 11.2. The highest BCUT2D eigenvalue weighted by Crippen LogP contribution is 2.12. The zero-order valence-corrected chi connectivity index (χ0v) is 8.72. The molecule has 4 nitrogen and oxygen atoms in total. The van der Waals surface area contributed by atoms with Gasteiger partial charge in [-0.05, 0) is 12.1 Å². The fourth-order valence-electron chi connectivity index (χ4n) is 1.02. The van der Waals surface area contributed by atoms with Crippen molar-refractivity contribution in [3.8, 4) is 0 Å². The van der Waals surface area contributed by atoms with Crippen molar-refractivity contribution in [2.75, 3.05) is 25.6 Å². The molecular weight excluding hydrogens is 218 g/mol. The minimum absolute atomic E-state index is 0.189. The third-order valence-electron chi connectivity index (χ3n) is 1.77. The minimum Gasteiger partial charge on any atom is -0.383 e. The van der Waals surface area contributed by atoms with Crippen LogP contribution in [0.25, 0.3) is 0 Å². The molecule has 0 aliphatic heterocycles. The van der Waals surface area contributed by atoms with Gasteiger partial charge in [-0.2, -0.15) is 0 Å². The summed E-state index contributed by atoms with van der Waals surface area (Å²) < 4.78 is 30.1. The lowest BCUT2D eigenvalue weighted by Gasteiger charge is -2.07. The lowest BCUT2D eigenvalue weighted by molar-refractivity contribution is 0.198. The smallest absolute Gasteiger partial charge is 0.319 e. The van der Waals surface area contributed by atoms with E-state index < -0.39 is 17.7 Å². The number of benzene rings is 1. The number of carbonyl (C=O) groups excluding carboxylic acids is 1. The molecule has 88 valence electrons. The second-order valence-electron chi connectivity index (χ2n) is 3.00. The van der Waals surface area contributed by atoms with Gasteiger partial charge >= 0.3 is 6.03 Å². The molecule has 1 aromatic rings. The Kier molecular flexibility index (Phi) is 4.65. The number of methoxy groups -OCH3 is 1. The van der Waals surface area contributed by atoms with Gasteiger partial charge in [0.2, 0.25) is 0 Å². The maximum absolute atomic E-state index is 12.8. The van der Waals surface area contributed by atoms with Crippen molar-refractivity contribution in [3.05, 3.63) is 29.8 Å². The van der Waals surface area contributed by atoms with E-state index in [0.717, 1.165) is 12.1 Å².